The summed E-state index contributed by atoms with van der Waals surface area (Å²) in [7, 11) is 0. The van der Waals surface area contributed by atoms with Crippen LogP contribution in [-0.4, -0.2) is 30.8 Å². The normalized spacial score (nSPS) is 20.6. The Labute approximate surface area is 95.5 Å². The van der Waals surface area contributed by atoms with Gasteiger partial charge in [-0.25, -0.2) is 0 Å². The molecule has 84 valence electrons. The molecule has 1 saturated heterocycles. The number of pyridine rings is 1. The molecular weight excluding hydrogens is 202 g/mol. The summed E-state index contributed by atoms with van der Waals surface area (Å²) >= 11 is 0. The van der Waals surface area contributed by atoms with Crippen molar-refractivity contribution in [2.24, 2.45) is 0 Å². The van der Waals surface area contributed by atoms with Gasteiger partial charge in [-0.05, 0) is 19.9 Å². The van der Waals surface area contributed by atoms with Gasteiger partial charge in [0, 0.05) is 19.3 Å². The molecule has 0 aliphatic carbocycles. The standard InChI is InChI=1S/C12H15N3O/c1-9-8-15(3-4-16-9)12-5-11(6-13)7-14-10(12)2/h5,7,9H,3-4,8H2,1-2H3/t9-/m1/s1. The smallest absolute Gasteiger partial charge is 0.101 e. The number of hydrogen-bond acceptors (Lipinski definition) is 4. The van der Waals surface area contributed by atoms with Gasteiger partial charge in [0.25, 0.3) is 0 Å². The van der Waals surface area contributed by atoms with E-state index in [1.54, 1.807) is 6.20 Å². The molecule has 0 radical (unpaired) electrons. The molecule has 1 fully saturated rings. The summed E-state index contributed by atoms with van der Waals surface area (Å²) in [6.45, 7) is 6.48. The van der Waals surface area contributed by atoms with Crippen molar-refractivity contribution >= 4 is 5.69 Å². The van der Waals surface area contributed by atoms with Crippen molar-refractivity contribution < 1.29 is 4.74 Å². The number of anilines is 1. The number of aryl methyl sites for hydroxylation is 1. The molecule has 1 atom stereocenters. The first-order valence-corrected chi connectivity index (χ1v) is 5.44. The van der Waals surface area contributed by atoms with E-state index in [0.29, 0.717) is 5.56 Å². The van der Waals surface area contributed by atoms with Crippen LogP contribution in [0.15, 0.2) is 12.3 Å². The Morgan fingerprint density at radius 3 is 3.12 bits per heavy atom. The fourth-order valence-corrected chi connectivity index (χ4v) is 1.94. The highest BCUT2D eigenvalue weighted by molar-refractivity contribution is 5.54. The third-order valence-electron chi connectivity index (χ3n) is 2.77. The van der Waals surface area contributed by atoms with Crippen molar-refractivity contribution in [2.45, 2.75) is 20.0 Å². The van der Waals surface area contributed by atoms with Crippen LogP contribution in [0.2, 0.25) is 0 Å². The Hall–Kier alpha value is -1.60. The Morgan fingerprint density at radius 2 is 2.44 bits per heavy atom. The minimum Gasteiger partial charge on any atom is -0.375 e. The number of rotatable bonds is 1. The molecule has 0 unspecified atom stereocenters. The van der Waals surface area contributed by atoms with Crippen LogP contribution in [0.25, 0.3) is 0 Å². The average Bonchev–Trinajstić information content (AvgIpc) is 2.30. The third kappa shape index (κ3) is 2.15. The number of nitrogens with zero attached hydrogens (tertiary/aromatic N) is 3. The van der Waals surface area contributed by atoms with E-state index in [1.807, 2.05) is 13.0 Å². The lowest BCUT2D eigenvalue weighted by Crippen LogP contribution is -2.41. The molecule has 4 nitrogen and oxygen atoms in total. The molecule has 1 aliphatic heterocycles. The second-order valence-electron chi connectivity index (χ2n) is 4.07. The lowest BCUT2D eigenvalue weighted by atomic mass is 10.2. The first-order chi connectivity index (χ1) is 7.70. The Balaban J connectivity index is 2.28. The van der Waals surface area contributed by atoms with Crippen LogP contribution in [0.4, 0.5) is 5.69 Å². The summed E-state index contributed by atoms with van der Waals surface area (Å²) in [6.07, 6.45) is 1.85. The summed E-state index contributed by atoms with van der Waals surface area (Å²) in [5, 5.41) is 8.87. The highest BCUT2D eigenvalue weighted by atomic mass is 16.5. The first kappa shape index (κ1) is 10.9. The first-order valence-electron chi connectivity index (χ1n) is 5.44. The van der Waals surface area contributed by atoms with Crippen molar-refractivity contribution in [1.29, 1.82) is 5.26 Å². The van der Waals surface area contributed by atoms with Crippen molar-refractivity contribution in [3.63, 3.8) is 0 Å². The van der Waals surface area contributed by atoms with Gasteiger partial charge < -0.3 is 9.64 Å². The van der Waals surface area contributed by atoms with Crippen LogP contribution in [0.1, 0.15) is 18.2 Å². The fraction of sp³-hybridized carbons (Fsp3) is 0.500. The summed E-state index contributed by atoms with van der Waals surface area (Å²) in [6, 6.07) is 4.03. The SMILES string of the molecule is Cc1ncc(C#N)cc1N1CCO[C@H](C)C1. The fourth-order valence-electron chi connectivity index (χ4n) is 1.94. The van der Waals surface area contributed by atoms with Crippen LogP contribution >= 0.6 is 0 Å². The van der Waals surface area contributed by atoms with E-state index < -0.39 is 0 Å². The van der Waals surface area contributed by atoms with Gasteiger partial charge in [-0.3, -0.25) is 4.98 Å². The maximum Gasteiger partial charge on any atom is 0.101 e. The lowest BCUT2D eigenvalue weighted by molar-refractivity contribution is 0.0531. The van der Waals surface area contributed by atoms with Crippen LogP contribution in [-0.2, 0) is 4.74 Å². The van der Waals surface area contributed by atoms with Crippen LogP contribution in [0.5, 0.6) is 0 Å². The molecule has 0 saturated carbocycles. The predicted octanol–water partition coefficient (Wildman–Crippen LogP) is 1.49. The zero-order chi connectivity index (χ0) is 11.5. The number of morpholine rings is 1. The highest BCUT2D eigenvalue weighted by Gasteiger charge is 2.19. The maximum atomic E-state index is 8.87. The largest absolute Gasteiger partial charge is 0.375 e. The molecule has 0 amide bonds. The van der Waals surface area contributed by atoms with Crippen molar-refractivity contribution in [2.75, 3.05) is 24.6 Å². The molecule has 1 aliphatic rings. The zero-order valence-corrected chi connectivity index (χ0v) is 9.60. The molecule has 0 N–H and O–H groups in total. The second-order valence-corrected chi connectivity index (χ2v) is 4.07. The van der Waals surface area contributed by atoms with E-state index in [-0.39, 0.29) is 6.10 Å². The van der Waals surface area contributed by atoms with Crippen molar-refractivity contribution in [3.8, 4) is 6.07 Å². The summed E-state index contributed by atoms with van der Waals surface area (Å²) in [5.41, 5.74) is 2.63. The van der Waals surface area contributed by atoms with Gasteiger partial charge in [0.15, 0.2) is 0 Å². The Bertz CT molecular complexity index is 425. The summed E-state index contributed by atoms with van der Waals surface area (Å²) < 4.78 is 5.50. The van der Waals surface area contributed by atoms with E-state index in [0.717, 1.165) is 31.1 Å². The predicted molar refractivity (Wildman–Crippen MR) is 61.3 cm³/mol. The van der Waals surface area contributed by atoms with Crippen LogP contribution in [0.3, 0.4) is 0 Å². The maximum absolute atomic E-state index is 8.87. The Kier molecular flexibility index (Phi) is 3.07. The van der Waals surface area contributed by atoms with Gasteiger partial charge in [0.05, 0.1) is 29.7 Å². The number of ether oxygens (including phenoxy) is 1. The van der Waals surface area contributed by atoms with Gasteiger partial charge in [-0.15, -0.1) is 0 Å². The quantitative estimate of drug-likeness (QED) is 0.715. The van der Waals surface area contributed by atoms with Gasteiger partial charge >= 0.3 is 0 Å². The van der Waals surface area contributed by atoms with Gasteiger partial charge in [0.1, 0.15) is 6.07 Å². The number of aromatic nitrogens is 1. The molecular formula is C12H15N3O. The molecule has 2 rings (SSSR count). The zero-order valence-electron chi connectivity index (χ0n) is 9.60. The topological polar surface area (TPSA) is 49.2 Å². The van der Waals surface area contributed by atoms with E-state index in [1.165, 1.54) is 0 Å². The molecule has 16 heavy (non-hydrogen) atoms. The van der Waals surface area contributed by atoms with Crippen molar-refractivity contribution in [1.82, 2.24) is 4.98 Å². The molecule has 1 aromatic rings. The summed E-state index contributed by atoms with van der Waals surface area (Å²) in [5.74, 6) is 0. The van der Waals surface area contributed by atoms with E-state index >= 15 is 0 Å². The number of hydrogen-bond donors (Lipinski definition) is 0. The molecule has 0 bridgehead atoms. The third-order valence-corrected chi connectivity index (χ3v) is 2.77. The van der Waals surface area contributed by atoms with Crippen LogP contribution in [0, 0.1) is 18.3 Å². The summed E-state index contributed by atoms with van der Waals surface area (Å²) in [4.78, 5) is 6.48. The van der Waals surface area contributed by atoms with E-state index in [2.05, 4.69) is 22.9 Å². The van der Waals surface area contributed by atoms with E-state index in [4.69, 9.17) is 10.00 Å². The number of nitriles is 1. The Morgan fingerprint density at radius 1 is 1.62 bits per heavy atom. The van der Waals surface area contributed by atoms with Crippen molar-refractivity contribution in [3.05, 3.63) is 23.5 Å². The average molecular weight is 217 g/mol. The second kappa shape index (κ2) is 4.50. The van der Waals surface area contributed by atoms with Gasteiger partial charge in [-0.1, -0.05) is 0 Å². The molecule has 2 heterocycles. The molecule has 4 heteroatoms. The van der Waals surface area contributed by atoms with Gasteiger partial charge in [0.2, 0.25) is 0 Å². The minimum atomic E-state index is 0.235. The lowest BCUT2D eigenvalue weighted by Gasteiger charge is -2.33. The van der Waals surface area contributed by atoms with Crippen LogP contribution < -0.4 is 4.90 Å². The van der Waals surface area contributed by atoms with E-state index in [9.17, 15) is 0 Å². The minimum absolute atomic E-state index is 0.235. The monoisotopic (exact) mass is 217 g/mol. The molecule has 0 aromatic carbocycles. The van der Waals surface area contributed by atoms with Gasteiger partial charge in [-0.2, -0.15) is 5.26 Å². The molecule has 1 aromatic heterocycles. The highest BCUT2D eigenvalue weighted by Crippen LogP contribution is 2.21. The molecule has 0 spiro atoms.